The van der Waals surface area contributed by atoms with Gasteiger partial charge in [-0.25, -0.2) is 13.2 Å². The van der Waals surface area contributed by atoms with Gasteiger partial charge in [0, 0.05) is 23.4 Å². The van der Waals surface area contributed by atoms with E-state index in [1.54, 1.807) is 6.92 Å². The molecule has 1 aliphatic rings. The number of aromatic nitrogens is 1. The number of halogens is 1. The van der Waals surface area contributed by atoms with Crippen LogP contribution < -0.4 is 0 Å². The fourth-order valence-corrected chi connectivity index (χ4v) is 2.30. The molecule has 0 unspecified atom stereocenters. The van der Waals surface area contributed by atoms with Gasteiger partial charge >= 0.3 is 5.97 Å². The van der Waals surface area contributed by atoms with Gasteiger partial charge in [0.1, 0.15) is 16.7 Å². The van der Waals surface area contributed by atoms with Gasteiger partial charge in [0.2, 0.25) is 0 Å². The van der Waals surface area contributed by atoms with Gasteiger partial charge in [-0.3, -0.25) is 0 Å². The lowest BCUT2D eigenvalue weighted by Crippen LogP contribution is -2.38. The number of ether oxygens (including phenoxy) is 2. The summed E-state index contributed by atoms with van der Waals surface area (Å²) in [7, 11) is 1.39. The number of carbonyl (C=O) groups excluding carboxylic acids is 1. The zero-order valence-corrected chi connectivity index (χ0v) is 11.2. The Morgan fingerprint density at radius 2 is 2.28 bits per heavy atom. The van der Waals surface area contributed by atoms with Crippen molar-refractivity contribution in [2.45, 2.75) is 24.5 Å². The molecule has 0 spiro atoms. The maximum absolute atomic E-state index is 11.8. The summed E-state index contributed by atoms with van der Waals surface area (Å²) in [5, 5.41) is 0. The molecule has 2 heterocycles. The van der Waals surface area contributed by atoms with E-state index in [0.717, 1.165) is 0 Å². The molecule has 18 heavy (non-hydrogen) atoms. The van der Waals surface area contributed by atoms with E-state index in [9.17, 15) is 13.2 Å². The molecule has 0 radical (unpaired) electrons. The molecule has 1 aromatic rings. The molecule has 1 aromatic heterocycles. The van der Waals surface area contributed by atoms with Crippen LogP contribution in [0.2, 0.25) is 0 Å². The molecule has 2 rings (SSSR count). The van der Waals surface area contributed by atoms with Crippen LogP contribution >= 0.6 is 10.7 Å². The maximum atomic E-state index is 11.8. The summed E-state index contributed by atoms with van der Waals surface area (Å²) in [6.45, 7) is 2.98. The van der Waals surface area contributed by atoms with Gasteiger partial charge in [0.25, 0.3) is 9.05 Å². The molecule has 0 aromatic carbocycles. The Kier molecular flexibility index (Phi) is 3.65. The molecule has 1 aliphatic heterocycles. The fourth-order valence-electron chi connectivity index (χ4n) is 1.54. The zero-order chi connectivity index (χ0) is 13.3. The van der Waals surface area contributed by atoms with E-state index < -0.39 is 15.0 Å². The summed E-state index contributed by atoms with van der Waals surface area (Å²) in [6, 6.07) is 1.22. The average molecular weight is 294 g/mol. The van der Waals surface area contributed by atoms with Crippen molar-refractivity contribution < 1.29 is 22.7 Å². The molecular weight excluding hydrogens is 282 g/mol. The summed E-state index contributed by atoms with van der Waals surface area (Å²) in [5.41, 5.74) is 0.170. The quantitative estimate of drug-likeness (QED) is 0.611. The molecule has 0 saturated carbocycles. The van der Waals surface area contributed by atoms with Crippen molar-refractivity contribution in [3.63, 3.8) is 0 Å². The Morgan fingerprint density at radius 1 is 1.61 bits per heavy atom. The second-order valence-electron chi connectivity index (χ2n) is 3.85. The minimum atomic E-state index is -3.85. The van der Waals surface area contributed by atoms with Crippen LogP contribution in [0.15, 0.2) is 17.2 Å². The summed E-state index contributed by atoms with van der Waals surface area (Å²) in [6.07, 6.45) is 1.06. The molecule has 6 nitrogen and oxygen atoms in total. The van der Waals surface area contributed by atoms with Crippen LogP contribution in [0, 0.1) is 0 Å². The van der Waals surface area contributed by atoms with E-state index in [0.29, 0.717) is 19.8 Å². The van der Waals surface area contributed by atoms with E-state index in [1.807, 2.05) is 0 Å². The van der Waals surface area contributed by atoms with E-state index in [2.05, 4.69) is 0 Å². The smallest absolute Gasteiger partial charge is 0.355 e. The molecule has 0 N–H and O–H groups in total. The second kappa shape index (κ2) is 4.91. The lowest BCUT2D eigenvalue weighted by Gasteiger charge is -2.25. The summed E-state index contributed by atoms with van der Waals surface area (Å²) >= 11 is 0. The topological polar surface area (TPSA) is 74.6 Å². The Bertz CT molecular complexity index is 561. The van der Waals surface area contributed by atoms with Crippen molar-refractivity contribution in [1.29, 1.82) is 0 Å². The highest BCUT2D eigenvalue weighted by atomic mass is 35.7. The van der Waals surface area contributed by atoms with Crippen LogP contribution in [0.5, 0.6) is 0 Å². The normalized spacial score (nSPS) is 16.3. The van der Waals surface area contributed by atoms with Crippen molar-refractivity contribution in [3.8, 4) is 0 Å². The Hall–Kier alpha value is -1.05. The third-order valence-electron chi connectivity index (χ3n) is 2.58. The minimum absolute atomic E-state index is 0.108. The van der Waals surface area contributed by atoms with E-state index >= 15 is 0 Å². The number of esters is 1. The third kappa shape index (κ3) is 2.68. The molecule has 1 saturated heterocycles. The van der Waals surface area contributed by atoms with Gasteiger partial charge in [-0.15, -0.1) is 0 Å². The molecule has 0 atom stereocenters. The summed E-state index contributed by atoms with van der Waals surface area (Å²) in [4.78, 5) is 11.7. The van der Waals surface area contributed by atoms with Crippen molar-refractivity contribution in [1.82, 2.24) is 4.57 Å². The van der Waals surface area contributed by atoms with Crippen molar-refractivity contribution in [2.24, 2.45) is 0 Å². The molecule has 0 amide bonds. The van der Waals surface area contributed by atoms with E-state index in [1.165, 1.54) is 16.8 Å². The molecular formula is C10H12ClNO5S. The number of rotatable bonds is 4. The average Bonchev–Trinajstić information content (AvgIpc) is 2.66. The lowest BCUT2D eigenvalue weighted by atomic mass is 10.3. The van der Waals surface area contributed by atoms with Crippen molar-refractivity contribution >= 4 is 25.7 Å². The number of hydrogen-bond acceptors (Lipinski definition) is 5. The largest absolute Gasteiger partial charge is 0.453 e. The number of nitrogens with zero attached hydrogens (tertiary/aromatic N) is 1. The number of aryl methyl sites for hydroxylation is 1. The first-order valence-electron chi connectivity index (χ1n) is 5.35. The highest BCUT2D eigenvalue weighted by molar-refractivity contribution is 8.13. The zero-order valence-electron chi connectivity index (χ0n) is 9.63. The predicted molar refractivity (Wildman–Crippen MR) is 63.2 cm³/mol. The number of hydrogen-bond donors (Lipinski definition) is 0. The second-order valence-corrected chi connectivity index (χ2v) is 6.42. The fraction of sp³-hybridized carbons (Fsp3) is 0.500. The Labute approximate surface area is 109 Å². The van der Waals surface area contributed by atoms with Crippen LogP contribution in [0.25, 0.3) is 0 Å². The summed E-state index contributed by atoms with van der Waals surface area (Å²) < 4.78 is 33.9. The van der Waals surface area contributed by atoms with Gasteiger partial charge in [0.05, 0.1) is 13.2 Å². The monoisotopic (exact) mass is 293 g/mol. The Morgan fingerprint density at radius 3 is 2.72 bits per heavy atom. The number of carbonyl (C=O) groups is 1. The van der Waals surface area contributed by atoms with E-state index in [4.69, 9.17) is 20.2 Å². The van der Waals surface area contributed by atoms with Crippen molar-refractivity contribution in [2.75, 3.05) is 13.2 Å². The third-order valence-corrected chi connectivity index (χ3v) is 3.90. The molecule has 1 fully saturated rings. The van der Waals surface area contributed by atoms with Crippen LogP contribution in [0.1, 0.15) is 17.4 Å². The van der Waals surface area contributed by atoms with Crippen LogP contribution in [0.3, 0.4) is 0 Å². The van der Waals surface area contributed by atoms with E-state index in [-0.39, 0.29) is 16.7 Å². The standard InChI is InChI=1S/C10H12ClNO5S/c1-2-12-4-8(18(11,14)15)3-9(12)10(13)17-7-5-16-6-7/h3-4,7H,2,5-6H2,1H3. The van der Waals surface area contributed by atoms with Crippen molar-refractivity contribution in [3.05, 3.63) is 18.0 Å². The SMILES string of the molecule is CCn1cc(S(=O)(=O)Cl)cc1C(=O)OC1COC1. The van der Waals surface area contributed by atoms with Crippen LogP contribution in [0.4, 0.5) is 0 Å². The molecule has 100 valence electrons. The van der Waals surface area contributed by atoms with Gasteiger partial charge in [-0.05, 0) is 13.0 Å². The molecule has 0 bridgehead atoms. The van der Waals surface area contributed by atoms with Gasteiger partial charge in [-0.1, -0.05) is 0 Å². The highest BCUT2D eigenvalue weighted by Crippen LogP contribution is 2.20. The highest BCUT2D eigenvalue weighted by Gasteiger charge is 2.26. The van der Waals surface area contributed by atoms with Crippen LogP contribution in [-0.2, 0) is 25.1 Å². The molecule has 8 heteroatoms. The summed E-state index contributed by atoms with van der Waals surface area (Å²) in [5.74, 6) is -0.572. The van der Waals surface area contributed by atoms with Gasteiger partial charge < -0.3 is 14.0 Å². The Balaban J connectivity index is 2.25. The first-order valence-corrected chi connectivity index (χ1v) is 7.66. The first-order chi connectivity index (χ1) is 8.41. The van der Waals surface area contributed by atoms with Gasteiger partial charge in [0.15, 0.2) is 0 Å². The predicted octanol–water partition coefficient (Wildman–Crippen LogP) is 0.991. The van der Waals surface area contributed by atoms with Gasteiger partial charge in [-0.2, -0.15) is 0 Å². The lowest BCUT2D eigenvalue weighted by molar-refractivity contribution is -0.103. The van der Waals surface area contributed by atoms with Crippen LogP contribution in [-0.4, -0.2) is 38.3 Å². The molecule has 0 aliphatic carbocycles. The minimum Gasteiger partial charge on any atom is -0.453 e. The first kappa shape index (κ1) is 13.4. The maximum Gasteiger partial charge on any atom is 0.355 e.